The van der Waals surface area contributed by atoms with Crippen molar-refractivity contribution in [1.82, 2.24) is 19.9 Å². The molecule has 5 rings (SSSR count). The minimum Gasteiger partial charge on any atom is -0.337 e. The van der Waals surface area contributed by atoms with E-state index in [0.717, 1.165) is 52.9 Å². The first-order valence-corrected chi connectivity index (χ1v) is 12.3. The lowest BCUT2D eigenvalue weighted by molar-refractivity contribution is -0.129. The fourth-order valence-corrected chi connectivity index (χ4v) is 6.01. The van der Waals surface area contributed by atoms with Crippen LogP contribution in [-0.4, -0.2) is 38.1 Å². The minimum absolute atomic E-state index is 0.0949. The van der Waals surface area contributed by atoms with Gasteiger partial charge in [0.25, 0.3) is 0 Å². The van der Waals surface area contributed by atoms with Gasteiger partial charge in [-0.3, -0.25) is 4.79 Å². The number of fused-ring (bicyclic) bond motifs is 1. The molecule has 2 aromatic carbocycles. The maximum Gasteiger partial charge on any atom is 0.233 e. The molecule has 1 aliphatic rings. The number of carbonyl (C=O) groups excluding carboxylic acids is 1. The fraction of sp³-hybridized carbons (Fsp3) is 0.292. The number of amides is 1. The summed E-state index contributed by atoms with van der Waals surface area (Å²) in [5.41, 5.74) is 4.36. The van der Waals surface area contributed by atoms with E-state index in [1.165, 1.54) is 22.0 Å². The number of hydrogen-bond donors (Lipinski definition) is 1. The quantitative estimate of drug-likeness (QED) is 0.403. The highest BCUT2D eigenvalue weighted by Crippen LogP contribution is 2.37. The van der Waals surface area contributed by atoms with E-state index in [1.54, 1.807) is 11.3 Å². The van der Waals surface area contributed by atoms with Crippen molar-refractivity contribution in [3.8, 4) is 0 Å². The number of benzene rings is 2. The number of likely N-dealkylation sites (tertiary alicyclic amines) is 1. The average Bonchev–Trinajstić information content (AvgIpc) is 3.51. The zero-order chi connectivity index (χ0) is 21.2. The third-order valence-electron chi connectivity index (χ3n) is 5.68. The zero-order valence-corrected chi connectivity index (χ0v) is 19.0. The zero-order valence-electron chi connectivity index (χ0n) is 17.4. The van der Waals surface area contributed by atoms with Crippen molar-refractivity contribution in [3.63, 3.8) is 0 Å². The lowest BCUT2D eigenvalue weighted by atomic mass is 10.1. The summed E-state index contributed by atoms with van der Waals surface area (Å²) in [6.07, 6.45) is 2.80. The number of thiazole rings is 1. The third kappa shape index (κ3) is 4.38. The summed E-state index contributed by atoms with van der Waals surface area (Å²) in [6.45, 7) is 2.84. The van der Waals surface area contributed by atoms with E-state index in [1.807, 2.05) is 48.2 Å². The highest BCUT2D eigenvalue weighted by atomic mass is 32.2. The molecule has 4 aromatic rings. The molecule has 1 saturated heterocycles. The van der Waals surface area contributed by atoms with Crippen LogP contribution in [0, 0.1) is 6.92 Å². The lowest BCUT2D eigenvalue weighted by Gasteiger charge is -2.22. The van der Waals surface area contributed by atoms with E-state index >= 15 is 0 Å². The van der Waals surface area contributed by atoms with E-state index < -0.39 is 0 Å². The minimum atomic E-state index is 0.0949. The van der Waals surface area contributed by atoms with Gasteiger partial charge in [0, 0.05) is 18.7 Å². The third-order valence-corrected chi connectivity index (χ3v) is 7.67. The summed E-state index contributed by atoms with van der Waals surface area (Å²) < 4.78 is 1.18. The first-order chi connectivity index (χ1) is 15.2. The van der Waals surface area contributed by atoms with Crippen molar-refractivity contribution in [1.29, 1.82) is 0 Å². The summed E-state index contributed by atoms with van der Waals surface area (Å²) in [5, 5.41) is 1.86. The van der Waals surface area contributed by atoms with Crippen molar-refractivity contribution < 1.29 is 4.79 Å². The van der Waals surface area contributed by atoms with E-state index in [4.69, 9.17) is 9.97 Å². The van der Waals surface area contributed by atoms with Crippen LogP contribution in [0.25, 0.3) is 10.2 Å². The number of aromatic amines is 1. The number of nitrogens with one attached hydrogen (secondary N) is 1. The Kier molecular flexibility index (Phi) is 5.78. The SMILES string of the molecule is Cc1[nH]c(SCC(=O)N2CCCC2c2nc3ccccc3s2)nc1Cc1ccccc1. The number of para-hydroxylation sites is 1. The summed E-state index contributed by atoms with van der Waals surface area (Å²) in [7, 11) is 0. The molecule has 1 N–H and O–H groups in total. The molecule has 158 valence electrons. The van der Waals surface area contributed by atoms with E-state index in [9.17, 15) is 4.79 Å². The summed E-state index contributed by atoms with van der Waals surface area (Å²) in [4.78, 5) is 27.9. The van der Waals surface area contributed by atoms with Gasteiger partial charge in [0.2, 0.25) is 5.91 Å². The number of imidazole rings is 1. The van der Waals surface area contributed by atoms with Gasteiger partial charge in [-0.2, -0.15) is 0 Å². The van der Waals surface area contributed by atoms with Gasteiger partial charge in [-0.15, -0.1) is 11.3 Å². The van der Waals surface area contributed by atoms with E-state index in [2.05, 4.69) is 23.2 Å². The Balaban J connectivity index is 1.24. The Labute approximate surface area is 189 Å². The van der Waals surface area contributed by atoms with Crippen molar-refractivity contribution in [2.24, 2.45) is 0 Å². The van der Waals surface area contributed by atoms with Crippen LogP contribution in [0.15, 0.2) is 59.8 Å². The van der Waals surface area contributed by atoms with Gasteiger partial charge in [-0.25, -0.2) is 9.97 Å². The van der Waals surface area contributed by atoms with Gasteiger partial charge in [0.1, 0.15) is 5.01 Å². The molecule has 0 saturated carbocycles. The van der Waals surface area contributed by atoms with Gasteiger partial charge < -0.3 is 9.88 Å². The Morgan fingerprint density at radius 2 is 1.97 bits per heavy atom. The van der Waals surface area contributed by atoms with Gasteiger partial charge in [-0.1, -0.05) is 54.2 Å². The van der Waals surface area contributed by atoms with Crippen LogP contribution in [0.5, 0.6) is 0 Å². The van der Waals surface area contributed by atoms with E-state index in [0.29, 0.717) is 5.75 Å². The van der Waals surface area contributed by atoms with Crippen LogP contribution in [-0.2, 0) is 11.2 Å². The molecule has 1 atom stereocenters. The number of rotatable bonds is 6. The number of aromatic nitrogens is 3. The highest BCUT2D eigenvalue weighted by molar-refractivity contribution is 7.99. The second-order valence-corrected chi connectivity index (χ2v) is 9.86. The molecule has 7 heteroatoms. The molecule has 1 aliphatic heterocycles. The molecule has 3 heterocycles. The molecule has 1 fully saturated rings. The first kappa shape index (κ1) is 20.3. The van der Waals surface area contributed by atoms with Gasteiger partial charge in [0.05, 0.1) is 27.7 Å². The summed E-state index contributed by atoms with van der Waals surface area (Å²) in [6, 6.07) is 18.6. The van der Waals surface area contributed by atoms with Crippen molar-refractivity contribution in [2.75, 3.05) is 12.3 Å². The van der Waals surface area contributed by atoms with Crippen LogP contribution in [0.3, 0.4) is 0 Å². The van der Waals surface area contributed by atoms with Crippen molar-refractivity contribution >= 4 is 39.2 Å². The number of nitrogens with zero attached hydrogens (tertiary/aromatic N) is 3. The lowest BCUT2D eigenvalue weighted by Crippen LogP contribution is -2.31. The number of thioether (sulfide) groups is 1. The van der Waals surface area contributed by atoms with Crippen LogP contribution in [0.1, 0.15) is 40.8 Å². The normalized spacial score (nSPS) is 16.3. The maximum absolute atomic E-state index is 13.0. The second kappa shape index (κ2) is 8.85. The molecule has 0 aliphatic carbocycles. The largest absolute Gasteiger partial charge is 0.337 e. The molecule has 31 heavy (non-hydrogen) atoms. The van der Waals surface area contributed by atoms with Gasteiger partial charge in [-0.05, 0) is 37.5 Å². The molecule has 0 bridgehead atoms. The second-order valence-electron chi connectivity index (χ2n) is 7.83. The van der Waals surface area contributed by atoms with E-state index in [-0.39, 0.29) is 11.9 Å². The highest BCUT2D eigenvalue weighted by Gasteiger charge is 2.32. The van der Waals surface area contributed by atoms with Gasteiger partial charge in [0.15, 0.2) is 5.16 Å². The molecule has 1 unspecified atom stereocenters. The van der Waals surface area contributed by atoms with Crippen LogP contribution in [0.2, 0.25) is 0 Å². The smallest absolute Gasteiger partial charge is 0.233 e. The predicted octanol–water partition coefficient (Wildman–Crippen LogP) is 5.37. The monoisotopic (exact) mass is 448 g/mol. The average molecular weight is 449 g/mol. The molecule has 1 amide bonds. The predicted molar refractivity (Wildman–Crippen MR) is 127 cm³/mol. The van der Waals surface area contributed by atoms with Crippen molar-refractivity contribution in [2.45, 2.75) is 37.4 Å². The Hall–Kier alpha value is -2.64. The Bertz CT molecular complexity index is 1170. The Morgan fingerprint density at radius 1 is 1.16 bits per heavy atom. The molecule has 5 nitrogen and oxygen atoms in total. The summed E-state index contributed by atoms with van der Waals surface area (Å²) in [5.74, 6) is 0.546. The number of hydrogen-bond acceptors (Lipinski definition) is 5. The fourth-order valence-electron chi connectivity index (χ4n) is 4.06. The molecular formula is C24H24N4OS2. The Morgan fingerprint density at radius 3 is 2.81 bits per heavy atom. The number of aryl methyl sites for hydroxylation is 1. The van der Waals surface area contributed by atoms with Crippen molar-refractivity contribution in [3.05, 3.63) is 76.6 Å². The van der Waals surface area contributed by atoms with Crippen LogP contribution < -0.4 is 0 Å². The number of carbonyl (C=O) groups is 1. The standard InChI is InChI=1S/C24H24N4OS2/c1-16-19(14-17-8-3-2-4-9-17)27-24(25-16)30-15-22(29)28-13-7-11-20(28)23-26-18-10-5-6-12-21(18)31-23/h2-6,8-10,12,20H,7,11,13-15H2,1H3,(H,25,27). The van der Waals surface area contributed by atoms with Crippen LogP contribution >= 0.6 is 23.1 Å². The molecule has 0 radical (unpaired) electrons. The molecule has 0 spiro atoms. The summed E-state index contributed by atoms with van der Waals surface area (Å²) >= 11 is 3.19. The first-order valence-electron chi connectivity index (χ1n) is 10.5. The molecule has 2 aromatic heterocycles. The maximum atomic E-state index is 13.0. The topological polar surface area (TPSA) is 61.9 Å². The molecular weight excluding hydrogens is 424 g/mol. The van der Waals surface area contributed by atoms with Gasteiger partial charge >= 0.3 is 0 Å². The van der Waals surface area contributed by atoms with Crippen LogP contribution in [0.4, 0.5) is 0 Å². The number of H-pyrrole nitrogens is 1.